The number of hydrogen-bond acceptors (Lipinski definition) is 3. The zero-order valence-electron chi connectivity index (χ0n) is 8.48. The van der Waals surface area contributed by atoms with Crippen molar-refractivity contribution in [2.24, 2.45) is 4.99 Å². The van der Waals surface area contributed by atoms with E-state index in [0.717, 1.165) is 25.1 Å². The summed E-state index contributed by atoms with van der Waals surface area (Å²) in [5.74, 6) is 0.817. The van der Waals surface area contributed by atoms with Crippen LogP contribution in [0.25, 0.3) is 0 Å². The molecule has 0 aromatic heterocycles. The second-order valence-electron chi connectivity index (χ2n) is 3.63. The molecule has 3 nitrogen and oxygen atoms in total. The lowest BCUT2D eigenvalue weighted by atomic mass is 9.99. The van der Waals surface area contributed by atoms with Crippen molar-refractivity contribution in [1.82, 2.24) is 5.32 Å². The van der Waals surface area contributed by atoms with Crippen molar-refractivity contribution in [2.75, 3.05) is 0 Å². The summed E-state index contributed by atoms with van der Waals surface area (Å²) in [6.07, 6.45) is 4.97. The summed E-state index contributed by atoms with van der Waals surface area (Å²) in [7, 11) is 0. The monoisotopic (exact) mass is 199 g/mol. The Bertz CT molecular complexity index is 389. The van der Waals surface area contributed by atoms with Crippen LogP contribution in [0.2, 0.25) is 0 Å². The van der Waals surface area contributed by atoms with Gasteiger partial charge < -0.3 is 0 Å². The molecular weight excluding hydrogens is 186 g/mol. The first-order valence-corrected chi connectivity index (χ1v) is 5.17. The molecule has 1 N–H and O–H groups in total. The van der Waals surface area contributed by atoms with E-state index in [1.165, 1.54) is 5.56 Å². The lowest BCUT2D eigenvalue weighted by Gasteiger charge is -2.19. The zero-order chi connectivity index (χ0) is 10.5. The molecule has 15 heavy (non-hydrogen) atoms. The summed E-state index contributed by atoms with van der Waals surface area (Å²) in [5.41, 5.74) is 1.23. The standard InChI is InChI=1S/C12H13N3/c13-9-14-12-8-4-7-11(15-12)10-5-2-1-3-6-10/h1-3,5-6,11H,4,7-8H2,(H,14,15). The molecule has 1 atom stereocenters. The molecule has 0 saturated heterocycles. The topological polar surface area (TPSA) is 48.2 Å². The van der Waals surface area contributed by atoms with Gasteiger partial charge in [-0.1, -0.05) is 30.3 Å². The van der Waals surface area contributed by atoms with Gasteiger partial charge in [-0.25, -0.2) is 0 Å². The Morgan fingerprint density at radius 1 is 1.33 bits per heavy atom. The number of benzene rings is 1. The molecule has 1 aromatic carbocycles. The molecule has 1 aromatic rings. The lowest BCUT2D eigenvalue weighted by molar-refractivity contribution is 0.590. The molecule has 1 heterocycles. The fraction of sp³-hybridized carbons (Fsp3) is 0.333. The van der Waals surface area contributed by atoms with Crippen LogP contribution in [0.5, 0.6) is 0 Å². The molecule has 76 valence electrons. The largest absolute Gasteiger partial charge is 0.281 e. The van der Waals surface area contributed by atoms with Crippen molar-refractivity contribution in [2.45, 2.75) is 25.3 Å². The number of nitriles is 1. The van der Waals surface area contributed by atoms with E-state index < -0.39 is 0 Å². The van der Waals surface area contributed by atoms with Gasteiger partial charge in [0.05, 0.1) is 6.04 Å². The van der Waals surface area contributed by atoms with Gasteiger partial charge in [0.1, 0.15) is 5.84 Å². The van der Waals surface area contributed by atoms with Crippen molar-refractivity contribution in [3.63, 3.8) is 0 Å². The normalized spacial score (nSPS) is 20.2. The van der Waals surface area contributed by atoms with Crippen LogP contribution in [0.15, 0.2) is 35.3 Å². The van der Waals surface area contributed by atoms with Gasteiger partial charge in [0.25, 0.3) is 0 Å². The minimum Gasteiger partial charge on any atom is -0.281 e. The SMILES string of the molecule is N#CNC1=NC(c2ccccc2)CCC1. The van der Waals surface area contributed by atoms with E-state index >= 15 is 0 Å². The van der Waals surface area contributed by atoms with Crippen molar-refractivity contribution >= 4 is 5.84 Å². The average Bonchev–Trinajstić information content (AvgIpc) is 2.31. The van der Waals surface area contributed by atoms with Crippen LogP contribution in [0, 0.1) is 11.5 Å². The first kappa shape index (κ1) is 9.72. The van der Waals surface area contributed by atoms with E-state index in [2.05, 4.69) is 22.4 Å². The maximum Gasteiger partial charge on any atom is 0.182 e. The Kier molecular flexibility index (Phi) is 2.99. The van der Waals surface area contributed by atoms with Crippen molar-refractivity contribution in [3.05, 3.63) is 35.9 Å². The van der Waals surface area contributed by atoms with E-state index in [9.17, 15) is 0 Å². The Morgan fingerprint density at radius 2 is 2.13 bits per heavy atom. The molecule has 2 rings (SSSR count). The molecule has 0 bridgehead atoms. The van der Waals surface area contributed by atoms with Gasteiger partial charge in [-0.2, -0.15) is 5.26 Å². The molecule has 1 aliphatic rings. The first-order chi connectivity index (χ1) is 7.40. The average molecular weight is 199 g/mol. The second-order valence-corrected chi connectivity index (χ2v) is 3.63. The van der Waals surface area contributed by atoms with Crippen LogP contribution in [-0.4, -0.2) is 5.84 Å². The molecule has 3 heteroatoms. The minimum absolute atomic E-state index is 0.218. The molecule has 1 aliphatic heterocycles. The highest BCUT2D eigenvalue weighted by molar-refractivity contribution is 5.84. The van der Waals surface area contributed by atoms with Crippen LogP contribution in [-0.2, 0) is 0 Å². The van der Waals surface area contributed by atoms with Crippen LogP contribution in [0.4, 0.5) is 0 Å². The Hall–Kier alpha value is -1.82. The van der Waals surface area contributed by atoms with Gasteiger partial charge in [-0.3, -0.25) is 10.3 Å². The van der Waals surface area contributed by atoms with Gasteiger partial charge in [0.2, 0.25) is 0 Å². The smallest absolute Gasteiger partial charge is 0.182 e. The maximum absolute atomic E-state index is 8.53. The van der Waals surface area contributed by atoms with Crippen LogP contribution in [0.3, 0.4) is 0 Å². The van der Waals surface area contributed by atoms with Crippen LogP contribution < -0.4 is 5.32 Å². The van der Waals surface area contributed by atoms with Crippen molar-refractivity contribution < 1.29 is 0 Å². The minimum atomic E-state index is 0.218. The highest BCUT2D eigenvalue weighted by Crippen LogP contribution is 2.27. The van der Waals surface area contributed by atoms with Gasteiger partial charge in [0, 0.05) is 6.42 Å². The summed E-state index contributed by atoms with van der Waals surface area (Å²) in [6, 6.07) is 10.4. The Balaban J connectivity index is 2.17. The third-order valence-electron chi connectivity index (χ3n) is 2.59. The number of rotatable bonds is 1. The fourth-order valence-corrected chi connectivity index (χ4v) is 1.86. The molecule has 0 amide bonds. The lowest BCUT2D eigenvalue weighted by Crippen LogP contribution is -2.22. The van der Waals surface area contributed by atoms with Crippen LogP contribution in [0.1, 0.15) is 30.9 Å². The maximum atomic E-state index is 8.53. The van der Waals surface area contributed by atoms with E-state index in [-0.39, 0.29) is 6.04 Å². The van der Waals surface area contributed by atoms with Gasteiger partial charge in [-0.15, -0.1) is 0 Å². The fourth-order valence-electron chi connectivity index (χ4n) is 1.86. The summed E-state index contributed by atoms with van der Waals surface area (Å²) in [5, 5.41) is 11.2. The predicted octanol–water partition coefficient (Wildman–Crippen LogP) is 2.38. The number of amidine groups is 1. The number of nitrogens with zero attached hydrogens (tertiary/aromatic N) is 2. The number of hydrogen-bond donors (Lipinski definition) is 1. The Labute approximate surface area is 89.5 Å². The van der Waals surface area contributed by atoms with E-state index in [4.69, 9.17) is 5.26 Å². The summed E-state index contributed by atoms with van der Waals surface area (Å²) in [4.78, 5) is 4.52. The third-order valence-corrected chi connectivity index (χ3v) is 2.59. The summed E-state index contributed by atoms with van der Waals surface area (Å²) in [6.45, 7) is 0. The van der Waals surface area contributed by atoms with Crippen LogP contribution >= 0.6 is 0 Å². The van der Waals surface area contributed by atoms with Gasteiger partial charge in [-0.05, 0) is 18.4 Å². The summed E-state index contributed by atoms with van der Waals surface area (Å²) < 4.78 is 0. The number of aliphatic imine (C=N–C) groups is 1. The Morgan fingerprint density at radius 3 is 2.87 bits per heavy atom. The summed E-state index contributed by atoms with van der Waals surface area (Å²) >= 11 is 0. The van der Waals surface area contributed by atoms with Gasteiger partial charge in [0.15, 0.2) is 6.19 Å². The first-order valence-electron chi connectivity index (χ1n) is 5.17. The number of nitrogens with one attached hydrogen (secondary N) is 1. The van der Waals surface area contributed by atoms with Crippen molar-refractivity contribution in [1.29, 1.82) is 5.26 Å². The van der Waals surface area contributed by atoms with Gasteiger partial charge >= 0.3 is 0 Å². The molecule has 0 aliphatic carbocycles. The highest BCUT2D eigenvalue weighted by Gasteiger charge is 2.15. The molecule has 0 spiro atoms. The predicted molar refractivity (Wildman–Crippen MR) is 59.2 cm³/mol. The quantitative estimate of drug-likeness (QED) is 0.557. The molecule has 0 saturated carbocycles. The molecule has 0 radical (unpaired) electrons. The molecule has 0 fully saturated rings. The highest BCUT2D eigenvalue weighted by atomic mass is 15.0. The van der Waals surface area contributed by atoms with E-state index in [1.807, 2.05) is 24.4 Å². The molecule has 1 unspecified atom stereocenters. The zero-order valence-corrected chi connectivity index (χ0v) is 8.48. The van der Waals surface area contributed by atoms with Crippen molar-refractivity contribution in [3.8, 4) is 6.19 Å². The van der Waals surface area contributed by atoms with E-state index in [1.54, 1.807) is 0 Å². The third kappa shape index (κ3) is 2.35. The van der Waals surface area contributed by atoms with E-state index in [0.29, 0.717) is 0 Å². The molecular formula is C12H13N3. The second kappa shape index (κ2) is 4.61.